The quantitative estimate of drug-likeness (QED) is 0.791. The van der Waals surface area contributed by atoms with Crippen molar-refractivity contribution in [2.45, 2.75) is 24.3 Å². The molecule has 1 atom stereocenters. The monoisotopic (exact) mass is 354 g/mol. The van der Waals surface area contributed by atoms with Gasteiger partial charge in [-0.2, -0.15) is 4.68 Å². The molecule has 23 heavy (non-hydrogen) atoms. The Morgan fingerprint density at radius 3 is 2.70 bits per heavy atom. The van der Waals surface area contributed by atoms with Crippen LogP contribution in [0.1, 0.15) is 13.8 Å². The molecule has 0 aliphatic heterocycles. The number of hydrogen-bond donors (Lipinski definition) is 2. The van der Waals surface area contributed by atoms with Gasteiger partial charge in [-0.25, -0.2) is 4.79 Å². The number of rotatable bonds is 5. The highest BCUT2D eigenvalue weighted by Crippen LogP contribution is 2.23. The van der Waals surface area contributed by atoms with Crippen LogP contribution in [-0.4, -0.2) is 43.9 Å². The van der Waals surface area contributed by atoms with Gasteiger partial charge in [0.2, 0.25) is 11.1 Å². The minimum Gasteiger partial charge on any atom is -0.338 e. The molecule has 122 valence electrons. The second-order valence-electron chi connectivity index (χ2n) is 4.46. The normalized spacial score (nSPS) is 11.8. The van der Waals surface area contributed by atoms with Crippen molar-refractivity contribution in [1.29, 1.82) is 0 Å². The summed E-state index contributed by atoms with van der Waals surface area (Å²) in [6.45, 7) is 3.87. The Hall–Kier alpha value is -2.13. The predicted octanol–water partition coefficient (Wildman–Crippen LogP) is 1.64. The molecule has 1 heterocycles. The van der Waals surface area contributed by atoms with Crippen molar-refractivity contribution >= 4 is 35.3 Å². The van der Waals surface area contributed by atoms with Gasteiger partial charge >= 0.3 is 6.03 Å². The molecule has 10 heteroatoms. The summed E-state index contributed by atoms with van der Waals surface area (Å²) in [5.41, 5.74) is 0.721. The van der Waals surface area contributed by atoms with Crippen molar-refractivity contribution in [2.75, 3.05) is 6.54 Å². The SMILES string of the molecule is CCNC(=O)NC(=O)C(C)Sc1nnnn1-c1ccc(Cl)cc1. The summed E-state index contributed by atoms with van der Waals surface area (Å²) in [6.07, 6.45) is 0. The topological polar surface area (TPSA) is 102 Å². The molecular formula is C13H15ClN6O2S. The Labute approximate surface area is 142 Å². The number of thioether (sulfide) groups is 1. The number of carbonyl (C=O) groups excluding carboxylic acids is 2. The third kappa shape index (κ3) is 4.67. The molecule has 3 amide bonds. The highest BCUT2D eigenvalue weighted by Gasteiger charge is 2.20. The third-order valence-corrected chi connectivity index (χ3v) is 4.02. The van der Waals surface area contributed by atoms with Gasteiger partial charge in [0, 0.05) is 11.6 Å². The van der Waals surface area contributed by atoms with E-state index in [2.05, 4.69) is 26.2 Å². The number of nitrogens with zero attached hydrogens (tertiary/aromatic N) is 4. The predicted molar refractivity (Wildman–Crippen MR) is 86.7 cm³/mol. The number of imide groups is 1. The standard InChI is InChI=1S/C13H15ClN6O2S/c1-3-15-12(22)16-11(21)8(2)23-13-17-18-19-20(13)10-6-4-9(14)5-7-10/h4-8H,3H2,1-2H3,(H2,15,16,21,22). The molecule has 0 bridgehead atoms. The lowest BCUT2D eigenvalue weighted by Crippen LogP contribution is -2.42. The highest BCUT2D eigenvalue weighted by atomic mass is 35.5. The number of nitrogens with one attached hydrogen (secondary N) is 2. The summed E-state index contributed by atoms with van der Waals surface area (Å²) in [6, 6.07) is 6.45. The molecule has 1 aromatic heterocycles. The van der Waals surface area contributed by atoms with Gasteiger partial charge in [0.15, 0.2) is 0 Å². The fraction of sp³-hybridized carbons (Fsp3) is 0.308. The molecular weight excluding hydrogens is 340 g/mol. The van der Waals surface area contributed by atoms with Crippen LogP contribution in [0.2, 0.25) is 5.02 Å². The van der Waals surface area contributed by atoms with Gasteiger partial charge in [-0.1, -0.05) is 23.4 Å². The Morgan fingerprint density at radius 2 is 2.04 bits per heavy atom. The van der Waals surface area contributed by atoms with Crippen molar-refractivity contribution in [3.8, 4) is 5.69 Å². The van der Waals surface area contributed by atoms with E-state index in [0.29, 0.717) is 16.7 Å². The van der Waals surface area contributed by atoms with Crippen LogP contribution in [0, 0.1) is 0 Å². The number of amides is 3. The second kappa shape index (κ2) is 7.93. The molecule has 0 aliphatic carbocycles. The maximum Gasteiger partial charge on any atom is 0.321 e. The lowest BCUT2D eigenvalue weighted by molar-refractivity contribution is -0.119. The van der Waals surface area contributed by atoms with Crippen LogP contribution in [0.25, 0.3) is 5.69 Å². The third-order valence-electron chi connectivity index (χ3n) is 2.74. The van der Waals surface area contributed by atoms with E-state index in [1.54, 1.807) is 38.1 Å². The number of urea groups is 1. The van der Waals surface area contributed by atoms with Crippen molar-refractivity contribution in [1.82, 2.24) is 30.8 Å². The average Bonchev–Trinajstić information content (AvgIpc) is 2.96. The molecule has 0 fully saturated rings. The van der Waals surface area contributed by atoms with Crippen molar-refractivity contribution in [3.05, 3.63) is 29.3 Å². The minimum atomic E-state index is -0.547. The Morgan fingerprint density at radius 1 is 1.35 bits per heavy atom. The van der Waals surface area contributed by atoms with Gasteiger partial charge < -0.3 is 5.32 Å². The first kappa shape index (κ1) is 17.2. The van der Waals surface area contributed by atoms with Crippen LogP contribution in [0.15, 0.2) is 29.4 Å². The van der Waals surface area contributed by atoms with E-state index in [4.69, 9.17) is 11.6 Å². The first-order valence-corrected chi connectivity index (χ1v) is 8.06. The average molecular weight is 355 g/mol. The molecule has 2 rings (SSSR count). The van der Waals surface area contributed by atoms with E-state index in [1.165, 1.54) is 4.68 Å². The van der Waals surface area contributed by atoms with E-state index in [1.807, 2.05) is 0 Å². The first-order valence-electron chi connectivity index (χ1n) is 6.81. The summed E-state index contributed by atoms with van der Waals surface area (Å²) in [4.78, 5) is 23.3. The zero-order valence-corrected chi connectivity index (χ0v) is 14.1. The van der Waals surface area contributed by atoms with E-state index >= 15 is 0 Å². The van der Waals surface area contributed by atoms with Crippen LogP contribution in [0.4, 0.5) is 4.79 Å². The lowest BCUT2D eigenvalue weighted by Gasteiger charge is -2.11. The fourth-order valence-electron chi connectivity index (χ4n) is 1.63. The molecule has 1 aromatic carbocycles. The van der Waals surface area contributed by atoms with Crippen LogP contribution in [0.5, 0.6) is 0 Å². The summed E-state index contributed by atoms with van der Waals surface area (Å²) < 4.78 is 1.50. The van der Waals surface area contributed by atoms with Crippen LogP contribution >= 0.6 is 23.4 Å². The Kier molecular flexibility index (Phi) is 5.94. The molecule has 8 nitrogen and oxygen atoms in total. The van der Waals surface area contributed by atoms with E-state index in [9.17, 15) is 9.59 Å². The summed E-state index contributed by atoms with van der Waals surface area (Å²) in [7, 11) is 0. The van der Waals surface area contributed by atoms with Gasteiger partial charge in [0.05, 0.1) is 10.9 Å². The van der Waals surface area contributed by atoms with Gasteiger partial charge in [-0.3, -0.25) is 10.1 Å². The van der Waals surface area contributed by atoms with Gasteiger partial charge in [0.25, 0.3) is 0 Å². The second-order valence-corrected chi connectivity index (χ2v) is 6.20. The molecule has 0 spiro atoms. The van der Waals surface area contributed by atoms with E-state index in [-0.39, 0.29) is 0 Å². The van der Waals surface area contributed by atoms with Crippen LogP contribution in [-0.2, 0) is 4.79 Å². The number of tetrazole rings is 1. The number of aromatic nitrogens is 4. The number of benzene rings is 1. The van der Waals surface area contributed by atoms with Gasteiger partial charge in [0.1, 0.15) is 0 Å². The van der Waals surface area contributed by atoms with Crippen molar-refractivity contribution in [3.63, 3.8) is 0 Å². The smallest absolute Gasteiger partial charge is 0.321 e. The maximum absolute atomic E-state index is 12.0. The largest absolute Gasteiger partial charge is 0.338 e. The minimum absolute atomic E-state index is 0.424. The van der Waals surface area contributed by atoms with Crippen molar-refractivity contribution < 1.29 is 9.59 Å². The zero-order chi connectivity index (χ0) is 16.8. The number of hydrogen-bond acceptors (Lipinski definition) is 6. The molecule has 0 saturated heterocycles. The summed E-state index contributed by atoms with van der Waals surface area (Å²) >= 11 is 7.00. The Bertz CT molecular complexity index is 690. The number of halogens is 1. The van der Waals surface area contributed by atoms with Gasteiger partial charge in [-0.05, 0) is 48.5 Å². The summed E-state index contributed by atoms with van der Waals surface area (Å²) in [5, 5.41) is 16.7. The molecule has 2 N–H and O–H groups in total. The number of carbonyl (C=O) groups is 2. The van der Waals surface area contributed by atoms with Crippen LogP contribution in [0.3, 0.4) is 0 Å². The van der Waals surface area contributed by atoms with Crippen LogP contribution < -0.4 is 10.6 Å². The first-order chi connectivity index (χ1) is 11.0. The molecule has 0 aliphatic rings. The molecule has 0 saturated carbocycles. The molecule has 2 aromatic rings. The van der Waals surface area contributed by atoms with E-state index < -0.39 is 17.2 Å². The zero-order valence-electron chi connectivity index (χ0n) is 12.5. The van der Waals surface area contributed by atoms with E-state index in [0.717, 1.165) is 17.4 Å². The lowest BCUT2D eigenvalue weighted by atomic mass is 10.3. The molecule has 1 unspecified atom stereocenters. The van der Waals surface area contributed by atoms with Gasteiger partial charge in [-0.15, -0.1) is 5.10 Å². The molecule has 0 radical (unpaired) electrons. The fourth-order valence-corrected chi connectivity index (χ4v) is 2.56. The summed E-state index contributed by atoms with van der Waals surface area (Å²) in [5.74, 6) is -0.424. The Balaban J connectivity index is 2.06. The maximum atomic E-state index is 12.0. The van der Waals surface area contributed by atoms with Crippen molar-refractivity contribution in [2.24, 2.45) is 0 Å². The highest BCUT2D eigenvalue weighted by molar-refractivity contribution is 8.00.